The third kappa shape index (κ3) is 4.47. The Balaban J connectivity index is 1.93. The molecule has 0 bridgehead atoms. The molecule has 0 unspecified atom stereocenters. The van der Waals surface area contributed by atoms with Gasteiger partial charge in [-0.2, -0.15) is 0 Å². The number of hydrogen-bond acceptors (Lipinski definition) is 4. The van der Waals surface area contributed by atoms with Gasteiger partial charge in [0.15, 0.2) is 0 Å². The number of nitrogens with zero attached hydrogens (tertiary/aromatic N) is 1. The molecule has 6 nitrogen and oxygen atoms in total. The van der Waals surface area contributed by atoms with Crippen LogP contribution in [0.2, 0.25) is 0 Å². The molecule has 1 aromatic carbocycles. The van der Waals surface area contributed by atoms with Crippen LogP contribution in [0.5, 0.6) is 5.88 Å². The van der Waals surface area contributed by atoms with Gasteiger partial charge in [-0.1, -0.05) is 0 Å². The largest absolute Gasteiger partial charge is 0.481 e. The molecule has 0 fully saturated rings. The van der Waals surface area contributed by atoms with Crippen molar-refractivity contribution in [1.82, 2.24) is 10.3 Å². The number of ether oxygens (including phenoxy) is 1. The second kappa shape index (κ2) is 7.30. The first-order valence-electron chi connectivity index (χ1n) is 6.52. The van der Waals surface area contributed by atoms with Crippen LogP contribution < -0.4 is 15.4 Å². The molecule has 0 aliphatic carbocycles. The highest BCUT2D eigenvalue weighted by atomic mass is 19.1. The predicted octanol–water partition coefficient (Wildman–Crippen LogP) is 1.62. The van der Waals surface area contributed by atoms with Crippen molar-refractivity contribution in [3.8, 4) is 5.88 Å². The highest BCUT2D eigenvalue weighted by Gasteiger charge is 2.15. The van der Waals surface area contributed by atoms with Crippen molar-refractivity contribution in [3.63, 3.8) is 0 Å². The van der Waals surface area contributed by atoms with Gasteiger partial charge in [-0.25, -0.2) is 13.8 Å². The maximum atomic E-state index is 13.4. The number of benzene rings is 1. The van der Waals surface area contributed by atoms with Gasteiger partial charge in [0.05, 0.1) is 12.8 Å². The van der Waals surface area contributed by atoms with E-state index < -0.39 is 23.4 Å². The maximum Gasteiger partial charge on any atom is 0.313 e. The number of hydrogen-bond donors (Lipinski definition) is 2. The predicted molar refractivity (Wildman–Crippen MR) is 77.6 cm³/mol. The molecule has 8 heteroatoms. The average Bonchev–Trinajstić information content (AvgIpc) is 2.55. The van der Waals surface area contributed by atoms with Gasteiger partial charge >= 0.3 is 11.8 Å². The van der Waals surface area contributed by atoms with E-state index in [0.717, 1.165) is 12.1 Å². The number of pyridine rings is 1. The van der Waals surface area contributed by atoms with E-state index in [1.165, 1.54) is 13.3 Å². The van der Waals surface area contributed by atoms with Crippen LogP contribution in [-0.4, -0.2) is 23.9 Å². The second-order valence-electron chi connectivity index (χ2n) is 4.47. The minimum Gasteiger partial charge on any atom is -0.481 e. The number of rotatable bonds is 4. The minimum atomic E-state index is -1.06. The van der Waals surface area contributed by atoms with Gasteiger partial charge in [0.1, 0.15) is 11.6 Å². The molecule has 0 aliphatic heterocycles. The zero-order valence-electron chi connectivity index (χ0n) is 12.1. The summed E-state index contributed by atoms with van der Waals surface area (Å²) in [5.41, 5.74) is 0.392. The Morgan fingerprint density at radius 1 is 1.17 bits per heavy atom. The van der Waals surface area contributed by atoms with Crippen molar-refractivity contribution in [2.75, 3.05) is 12.4 Å². The Bertz CT molecular complexity index is 738. The maximum absolute atomic E-state index is 13.4. The highest BCUT2D eigenvalue weighted by Crippen LogP contribution is 2.14. The van der Waals surface area contributed by atoms with E-state index >= 15 is 0 Å². The van der Waals surface area contributed by atoms with Crippen LogP contribution in [0, 0.1) is 11.6 Å². The van der Waals surface area contributed by atoms with Gasteiger partial charge < -0.3 is 15.4 Å². The number of carbonyl (C=O) groups excluding carboxylic acids is 2. The molecule has 120 valence electrons. The van der Waals surface area contributed by atoms with Crippen LogP contribution in [0.4, 0.5) is 14.5 Å². The summed E-state index contributed by atoms with van der Waals surface area (Å²) in [7, 11) is 1.45. The first kappa shape index (κ1) is 16.3. The minimum absolute atomic E-state index is 0.0665. The van der Waals surface area contributed by atoms with E-state index in [-0.39, 0.29) is 12.2 Å². The first-order chi connectivity index (χ1) is 11.0. The lowest BCUT2D eigenvalue weighted by molar-refractivity contribution is -0.136. The molecule has 2 aromatic rings. The fourth-order valence-electron chi connectivity index (χ4n) is 1.70. The number of amides is 2. The van der Waals surface area contributed by atoms with E-state index in [0.29, 0.717) is 17.5 Å². The van der Waals surface area contributed by atoms with Crippen LogP contribution in [0.3, 0.4) is 0 Å². The fourth-order valence-corrected chi connectivity index (χ4v) is 1.70. The third-order valence-electron chi connectivity index (χ3n) is 2.85. The van der Waals surface area contributed by atoms with E-state index in [1.807, 2.05) is 0 Å². The third-order valence-corrected chi connectivity index (χ3v) is 2.85. The van der Waals surface area contributed by atoms with Crippen molar-refractivity contribution in [1.29, 1.82) is 0 Å². The fraction of sp³-hybridized carbons (Fsp3) is 0.133. The molecule has 0 saturated carbocycles. The van der Waals surface area contributed by atoms with Gasteiger partial charge in [-0.05, 0) is 23.8 Å². The van der Waals surface area contributed by atoms with E-state index in [1.54, 1.807) is 12.1 Å². The molecule has 1 heterocycles. The molecule has 0 saturated heterocycles. The lowest BCUT2D eigenvalue weighted by Gasteiger charge is -2.08. The number of carbonyl (C=O) groups is 2. The van der Waals surface area contributed by atoms with Gasteiger partial charge in [0, 0.05) is 24.9 Å². The molecular formula is C15H13F2N3O3. The van der Waals surface area contributed by atoms with Crippen molar-refractivity contribution < 1.29 is 23.1 Å². The van der Waals surface area contributed by atoms with Crippen LogP contribution >= 0.6 is 0 Å². The molecule has 2 N–H and O–H groups in total. The number of methoxy groups -OCH3 is 1. The van der Waals surface area contributed by atoms with Crippen molar-refractivity contribution >= 4 is 17.5 Å². The van der Waals surface area contributed by atoms with Crippen molar-refractivity contribution in [2.24, 2.45) is 0 Å². The Morgan fingerprint density at radius 2 is 1.96 bits per heavy atom. The monoisotopic (exact) mass is 321 g/mol. The molecule has 0 aliphatic rings. The summed E-state index contributed by atoms with van der Waals surface area (Å²) >= 11 is 0. The quantitative estimate of drug-likeness (QED) is 0.839. The van der Waals surface area contributed by atoms with Crippen molar-refractivity contribution in [3.05, 3.63) is 53.7 Å². The zero-order chi connectivity index (χ0) is 16.8. The zero-order valence-corrected chi connectivity index (χ0v) is 12.1. The normalized spacial score (nSPS) is 10.0. The van der Waals surface area contributed by atoms with Crippen LogP contribution in [0.25, 0.3) is 0 Å². The van der Waals surface area contributed by atoms with E-state index in [4.69, 9.17) is 4.74 Å². The summed E-state index contributed by atoms with van der Waals surface area (Å²) in [5.74, 6) is -3.39. The summed E-state index contributed by atoms with van der Waals surface area (Å²) in [6.07, 6.45) is 1.49. The summed E-state index contributed by atoms with van der Waals surface area (Å²) in [4.78, 5) is 27.3. The number of nitrogens with one attached hydrogen (secondary N) is 2. The van der Waals surface area contributed by atoms with E-state index in [2.05, 4.69) is 15.6 Å². The molecule has 0 spiro atoms. The molecule has 1 aromatic heterocycles. The Labute approximate surface area is 130 Å². The molecule has 0 atom stereocenters. The van der Waals surface area contributed by atoms with Gasteiger partial charge in [0.25, 0.3) is 0 Å². The topological polar surface area (TPSA) is 80.3 Å². The highest BCUT2D eigenvalue weighted by molar-refractivity contribution is 6.39. The number of aromatic nitrogens is 1. The van der Waals surface area contributed by atoms with Crippen LogP contribution in [-0.2, 0) is 16.1 Å². The first-order valence-corrected chi connectivity index (χ1v) is 6.52. The Kier molecular flexibility index (Phi) is 5.19. The van der Waals surface area contributed by atoms with Gasteiger partial charge in [-0.3, -0.25) is 9.59 Å². The summed E-state index contributed by atoms with van der Waals surface area (Å²) in [6.45, 7) is 0.0665. The van der Waals surface area contributed by atoms with E-state index in [9.17, 15) is 18.4 Å². The lowest BCUT2D eigenvalue weighted by atomic mass is 10.2. The Hall–Kier alpha value is -3.03. The summed E-state index contributed by atoms with van der Waals surface area (Å²) < 4.78 is 31.1. The van der Waals surface area contributed by atoms with Gasteiger partial charge in [-0.15, -0.1) is 0 Å². The molecule has 2 rings (SSSR count). The SMILES string of the molecule is COc1cc(CNC(=O)C(=O)Nc2ccc(F)cc2F)ccn1. The lowest BCUT2D eigenvalue weighted by Crippen LogP contribution is -2.35. The molecular weight excluding hydrogens is 308 g/mol. The smallest absolute Gasteiger partial charge is 0.313 e. The number of halogens is 2. The molecule has 23 heavy (non-hydrogen) atoms. The van der Waals surface area contributed by atoms with Crippen molar-refractivity contribution in [2.45, 2.75) is 6.54 Å². The Morgan fingerprint density at radius 3 is 2.65 bits per heavy atom. The average molecular weight is 321 g/mol. The summed E-state index contributed by atoms with van der Waals surface area (Å²) in [5, 5.41) is 4.44. The van der Waals surface area contributed by atoms with Gasteiger partial charge in [0.2, 0.25) is 5.88 Å². The number of anilines is 1. The summed E-state index contributed by atoms with van der Waals surface area (Å²) in [6, 6.07) is 5.85. The van der Waals surface area contributed by atoms with Crippen LogP contribution in [0.1, 0.15) is 5.56 Å². The standard InChI is InChI=1S/C15H13F2N3O3/c1-23-13-6-9(4-5-18-13)8-19-14(21)15(22)20-12-3-2-10(16)7-11(12)17/h2-7H,8H2,1H3,(H,19,21)(H,20,22). The van der Waals surface area contributed by atoms with Crippen LogP contribution in [0.15, 0.2) is 36.5 Å². The second-order valence-corrected chi connectivity index (χ2v) is 4.47. The molecule has 0 radical (unpaired) electrons. The molecule has 2 amide bonds.